The summed E-state index contributed by atoms with van der Waals surface area (Å²) in [7, 11) is -2.50. The van der Waals surface area contributed by atoms with Crippen LogP contribution in [0.15, 0.2) is 83.8 Å². The topological polar surface area (TPSA) is 93.5 Å². The van der Waals surface area contributed by atoms with Gasteiger partial charge in [0, 0.05) is 30.2 Å². The Kier molecular flexibility index (Phi) is 7.48. The molecule has 0 saturated carbocycles. The predicted molar refractivity (Wildman–Crippen MR) is 130 cm³/mol. The molecule has 0 unspecified atom stereocenters. The third-order valence-electron chi connectivity index (χ3n) is 5.04. The average Bonchev–Trinajstić information content (AvgIpc) is 2.80. The van der Waals surface area contributed by atoms with E-state index in [4.69, 9.17) is 5.26 Å². The summed E-state index contributed by atoms with van der Waals surface area (Å²) >= 11 is 0. The van der Waals surface area contributed by atoms with Crippen molar-refractivity contribution in [1.29, 1.82) is 5.26 Å². The minimum absolute atomic E-state index is 0.0317. The summed E-state index contributed by atoms with van der Waals surface area (Å²) in [5, 5.41) is 12.2. The summed E-state index contributed by atoms with van der Waals surface area (Å²) in [6.45, 7) is 3.44. The Hall–Kier alpha value is -3.67. The van der Waals surface area contributed by atoms with Crippen LogP contribution in [-0.4, -0.2) is 38.3 Å². The standard InChI is InChI=1S/C25H26N4O3S/c1-19(2)29(23-13-11-22(12-14-23)27-21-7-5-4-6-8-21)25(30)18-28(3)33(31,32)24-15-9-20(17-26)10-16-24/h4-16,19,27H,18H2,1-3H3. The molecule has 1 N–H and O–H groups in total. The lowest BCUT2D eigenvalue weighted by Crippen LogP contribution is -2.44. The highest BCUT2D eigenvalue weighted by atomic mass is 32.2. The van der Waals surface area contributed by atoms with Crippen LogP contribution in [0, 0.1) is 11.3 Å². The monoisotopic (exact) mass is 462 g/mol. The predicted octanol–water partition coefficient (Wildman–Crippen LogP) is 4.36. The minimum Gasteiger partial charge on any atom is -0.356 e. The van der Waals surface area contributed by atoms with E-state index in [-0.39, 0.29) is 23.4 Å². The fourth-order valence-electron chi connectivity index (χ4n) is 3.36. The third kappa shape index (κ3) is 5.77. The normalized spacial score (nSPS) is 11.3. The molecule has 1 amide bonds. The van der Waals surface area contributed by atoms with Crippen LogP contribution >= 0.6 is 0 Å². The first kappa shape index (κ1) is 24.0. The van der Waals surface area contributed by atoms with Crippen molar-refractivity contribution >= 4 is 33.0 Å². The number of rotatable bonds is 8. The van der Waals surface area contributed by atoms with Crippen molar-refractivity contribution in [2.75, 3.05) is 23.8 Å². The Bertz CT molecular complexity index is 1230. The van der Waals surface area contributed by atoms with E-state index < -0.39 is 10.0 Å². The van der Waals surface area contributed by atoms with Gasteiger partial charge in [-0.1, -0.05) is 18.2 Å². The second-order valence-corrected chi connectivity index (χ2v) is 9.84. The Labute approximate surface area is 194 Å². The second kappa shape index (κ2) is 10.3. The van der Waals surface area contributed by atoms with E-state index in [9.17, 15) is 13.2 Å². The summed E-state index contributed by atoms with van der Waals surface area (Å²) in [6, 6.07) is 24.6. The van der Waals surface area contributed by atoms with Crippen molar-refractivity contribution in [3.8, 4) is 6.07 Å². The lowest BCUT2D eigenvalue weighted by Gasteiger charge is -2.29. The van der Waals surface area contributed by atoms with Gasteiger partial charge in [-0.05, 0) is 74.5 Å². The number of nitrogens with one attached hydrogen (secondary N) is 1. The summed E-state index contributed by atoms with van der Waals surface area (Å²) < 4.78 is 26.8. The summed E-state index contributed by atoms with van der Waals surface area (Å²) in [5.74, 6) is -0.339. The third-order valence-corrected chi connectivity index (χ3v) is 6.86. The molecule has 3 rings (SSSR count). The highest BCUT2D eigenvalue weighted by Crippen LogP contribution is 2.23. The van der Waals surface area contributed by atoms with E-state index in [2.05, 4.69) is 5.32 Å². The lowest BCUT2D eigenvalue weighted by atomic mass is 10.2. The molecule has 0 aliphatic carbocycles. The Morgan fingerprint density at radius 2 is 1.52 bits per heavy atom. The molecule has 0 saturated heterocycles. The van der Waals surface area contributed by atoms with Gasteiger partial charge in [0.2, 0.25) is 15.9 Å². The van der Waals surface area contributed by atoms with Crippen molar-refractivity contribution in [2.45, 2.75) is 24.8 Å². The zero-order valence-corrected chi connectivity index (χ0v) is 19.6. The van der Waals surface area contributed by atoms with E-state index in [1.165, 1.54) is 31.3 Å². The zero-order valence-electron chi connectivity index (χ0n) is 18.8. The number of benzene rings is 3. The first-order valence-corrected chi connectivity index (χ1v) is 11.9. The van der Waals surface area contributed by atoms with Crippen LogP contribution < -0.4 is 10.2 Å². The maximum Gasteiger partial charge on any atom is 0.243 e. The maximum absolute atomic E-state index is 13.1. The zero-order chi connectivity index (χ0) is 24.0. The van der Waals surface area contributed by atoms with E-state index in [1.54, 1.807) is 4.90 Å². The van der Waals surface area contributed by atoms with E-state index in [0.717, 1.165) is 15.7 Å². The SMILES string of the molecule is CC(C)N(C(=O)CN(C)S(=O)(=O)c1ccc(C#N)cc1)c1ccc(Nc2ccccc2)cc1. The molecule has 8 heteroatoms. The quantitative estimate of drug-likeness (QED) is 0.537. The van der Waals surface area contributed by atoms with Crippen LogP contribution in [0.1, 0.15) is 19.4 Å². The summed E-state index contributed by atoms with van der Waals surface area (Å²) in [4.78, 5) is 14.7. The van der Waals surface area contributed by atoms with Gasteiger partial charge in [0.15, 0.2) is 0 Å². The first-order valence-electron chi connectivity index (χ1n) is 10.4. The molecule has 0 spiro atoms. The largest absolute Gasteiger partial charge is 0.356 e. The molecule has 0 aliphatic heterocycles. The van der Waals surface area contributed by atoms with Gasteiger partial charge in [0.1, 0.15) is 0 Å². The molecular weight excluding hydrogens is 436 g/mol. The van der Waals surface area contributed by atoms with Gasteiger partial charge in [0.25, 0.3) is 0 Å². The molecule has 0 fully saturated rings. The molecule has 0 heterocycles. The highest BCUT2D eigenvalue weighted by Gasteiger charge is 2.27. The Morgan fingerprint density at radius 1 is 0.939 bits per heavy atom. The molecule has 7 nitrogen and oxygen atoms in total. The fraction of sp³-hybridized carbons (Fsp3) is 0.200. The maximum atomic E-state index is 13.1. The minimum atomic E-state index is -3.88. The average molecular weight is 463 g/mol. The molecule has 3 aromatic carbocycles. The molecule has 0 radical (unpaired) electrons. The number of likely N-dealkylation sites (N-methyl/N-ethyl adjacent to an activating group) is 1. The molecule has 0 bridgehead atoms. The van der Waals surface area contributed by atoms with Gasteiger partial charge in [-0.2, -0.15) is 9.57 Å². The van der Waals surface area contributed by atoms with Crippen molar-refractivity contribution < 1.29 is 13.2 Å². The smallest absolute Gasteiger partial charge is 0.243 e. The molecule has 0 atom stereocenters. The number of sulfonamides is 1. The number of nitriles is 1. The van der Waals surface area contributed by atoms with Crippen LogP contribution in [-0.2, 0) is 14.8 Å². The molecule has 0 aliphatic rings. The number of anilines is 3. The van der Waals surface area contributed by atoms with Gasteiger partial charge in [-0.25, -0.2) is 8.42 Å². The van der Waals surface area contributed by atoms with Crippen LogP contribution in [0.3, 0.4) is 0 Å². The Balaban J connectivity index is 1.74. The summed E-state index contributed by atoms with van der Waals surface area (Å²) in [5.41, 5.74) is 2.87. The lowest BCUT2D eigenvalue weighted by molar-refractivity contribution is -0.119. The van der Waals surface area contributed by atoms with E-state index in [0.29, 0.717) is 11.3 Å². The summed E-state index contributed by atoms with van der Waals surface area (Å²) in [6.07, 6.45) is 0. The van der Waals surface area contributed by atoms with Gasteiger partial charge < -0.3 is 10.2 Å². The fourth-order valence-corrected chi connectivity index (χ4v) is 4.48. The van der Waals surface area contributed by atoms with E-state index >= 15 is 0 Å². The molecular formula is C25H26N4O3S. The van der Waals surface area contributed by atoms with Crippen molar-refractivity contribution in [3.63, 3.8) is 0 Å². The number of hydrogen-bond donors (Lipinski definition) is 1. The number of carbonyl (C=O) groups is 1. The molecule has 170 valence electrons. The molecule has 33 heavy (non-hydrogen) atoms. The number of carbonyl (C=O) groups excluding carboxylic acids is 1. The van der Waals surface area contributed by atoms with Crippen LogP contribution in [0.5, 0.6) is 0 Å². The van der Waals surface area contributed by atoms with Gasteiger partial charge in [0.05, 0.1) is 23.1 Å². The van der Waals surface area contributed by atoms with Crippen molar-refractivity contribution in [1.82, 2.24) is 4.31 Å². The number of para-hydroxylation sites is 1. The first-order chi connectivity index (χ1) is 15.7. The Morgan fingerprint density at radius 3 is 2.06 bits per heavy atom. The van der Waals surface area contributed by atoms with Crippen LogP contribution in [0.4, 0.5) is 17.1 Å². The molecule has 3 aromatic rings. The van der Waals surface area contributed by atoms with E-state index in [1.807, 2.05) is 74.5 Å². The van der Waals surface area contributed by atoms with Gasteiger partial charge in [-0.3, -0.25) is 4.79 Å². The molecule has 0 aromatic heterocycles. The van der Waals surface area contributed by atoms with Crippen LogP contribution in [0.2, 0.25) is 0 Å². The number of nitrogens with zero attached hydrogens (tertiary/aromatic N) is 3. The second-order valence-electron chi connectivity index (χ2n) is 7.79. The van der Waals surface area contributed by atoms with Gasteiger partial charge >= 0.3 is 0 Å². The van der Waals surface area contributed by atoms with Gasteiger partial charge in [-0.15, -0.1) is 0 Å². The number of amides is 1. The van der Waals surface area contributed by atoms with Crippen LogP contribution in [0.25, 0.3) is 0 Å². The highest BCUT2D eigenvalue weighted by molar-refractivity contribution is 7.89. The van der Waals surface area contributed by atoms with Crippen molar-refractivity contribution in [3.05, 3.63) is 84.4 Å². The number of hydrogen-bond acceptors (Lipinski definition) is 5. The van der Waals surface area contributed by atoms with Crippen molar-refractivity contribution in [2.24, 2.45) is 0 Å².